The van der Waals surface area contributed by atoms with Crippen LogP contribution in [0.15, 0.2) is 18.2 Å². The Labute approximate surface area is 108 Å². The number of likely N-dealkylation sites (tertiary alicyclic amines) is 1. The predicted octanol–water partition coefficient (Wildman–Crippen LogP) is 3.84. The summed E-state index contributed by atoms with van der Waals surface area (Å²) in [6.07, 6.45) is 1.21. The molecule has 1 aromatic rings. The van der Waals surface area contributed by atoms with Crippen molar-refractivity contribution >= 4 is 11.6 Å². The van der Waals surface area contributed by atoms with Gasteiger partial charge in [-0.2, -0.15) is 0 Å². The first kappa shape index (κ1) is 12.7. The second kappa shape index (κ2) is 4.51. The summed E-state index contributed by atoms with van der Waals surface area (Å²) in [6, 6.07) is 5.49. The molecule has 1 atom stereocenters. The molecule has 1 saturated heterocycles. The summed E-state index contributed by atoms with van der Waals surface area (Å²) in [5.74, 6) is 0.339. The fraction of sp³-hybridized carbons (Fsp3) is 0.571. The molecule has 94 valence electrons. The smallest absolute Gasteiger partial charge is 0.120 e. The SMILES string of the molecule is CC(c1cc(Cl)ccc1O)N1CCC(C)(C)C1. The zero-order valence-electron chi connectivity index (χ0n) is 10.7. The zero-order chi connectivity index (χ0) is 12.6. The molecule has 1 aliphatic rings. The fourth-order valence-corrected chi connectivity index (χ4v) is 2.72. The molecule has 17 heavy (non-hydrogen) atoms. The normalized spacial score (nSPS) is 21.6. The van der Waals surface area contributed by atoms with Crippen molar-refractivity contribution < 1.29 is 5.11 Å². The standard InChI is InChI=1S/C14H20ClNO/c1-10(16-7-6-14(2,3)9-16)12-8-11(15)4-5-13(12)17/h4-5,8,10,17H,6-7,9H2,1-3H3. The molecule has 0 spiro atoms. The third-order valence-corrected chi connectivity index (χ3v) is 3.93. The number of hydrogen-bond donors (Lipinski definition) is 1. The van der Waals surface area contributed by atoms with Crippen LogP contribution in [0.3, 0.4) is 0 Å². The monoisotopic (exact) mass is 253 g/mol. The van der Waals surface area contributed by atoms with E-state index in [-0.39, 0.29) is 6.04 Å². The van der Waals surface area contributed by atoms with E-state index in [9.17, 15) is 5.11 Å². The van der Waals surface area contributed by atoms with E-state index in [2.05, 4.69) is 25.7 Å². The minimum Gasteiger partial charge on any atom is -0.508 e. The summed E-state index contributed by atoms with van der Waals surface area (Å²) in [5.41, 5.74) is 1.30. The molecule has 1 heterocycles. The van der Waals surface area contributed by atoms with E-state index in [4.69, 9.17) is 11.6 Å². The van der Waals surface area contributed by atoms with Crippen molar-refractivity contribution in [1.82, 2.24) is 4.90 Å². The van der Waals surface area contributed by atoms with Crippen LogP contribution in [0.1, 0.15) is 38.8 Å². The van der Waals surface area contributed by atoms with Crippen LogP contribution >= 0.6 is 11.6 Å². The van der Waals surface area contributed by atoms with E-state index >= 15 is 0 Å². The van der Waals surface area contributed by atoms with Crippen molar-refractivity contribution in [2.75, 3.05) is 13.1 Å². The van der Waals surface area contributed by atoms with Crippen LogP contribution in [0.5, 0.6) is 5.75 Å². The molecular weight excluding hydrogens is 234 g/mol. The molecule has 1 N–H and O–H groups in total. The summed E-state index contributed by atoms with van der Waals surface area (Å²) in [7, 11) is 0. The zero-order valence-corrected chi connectivity index (χ0v) is 11.5. The number of halogens is 1. The van der Waals surface area contributed by atoms with Gasteiger partial charge >= 0.3 is 0 Å². The Balaban J connectivity index is 2.20. The fourth-order valence-electron chi connectivity index (χ4n) is 2.54. The van der Waals surface area contributed by atoms with Crippen molar-refractivity contribution in [3.8, 4) is 5.75 Å². The van der Waals surface area contributed by atoms with Crippen LogP contribution in [0.4, 0.5) is 0 Å². The second-order valence-electron chi connectivity index (χ2n) is 5.76. The third kappa shape index (κ3) is 2.75. The second-order valence-corrected chi connectivity index (χ2v) is 6.20. The Morgan fingerprint density at radius 1 is 1.41 bits per heavy atom. The highest BCUT2D eigenvalue weighted by atomic mass is 35.5. The van der Waals surface area contributed by atoms with Crippen molar-refractivity contribution in [3.63, 3.8) is 0 Å². The first-order chi connectivity index (χ1) is 7.89. The largest absolute Gasteiger partial charge is 0.508 e. The maximum atomic E-state index is 9.91. The third-order valence-electron chi connectivity index (χ3n) is 3.69. The topological polar surface area (TPSA) is 23.5 Å². The Morgan fingerprint density at radius 2 is 2.12 bits per heavy atom. The van der Waals surface area contributed by atoms with Gasteiger partial charge in [-0.1, -0.05) is 25.4 Å². The van der Waals surface area contributed by atoms with Gasteiger partial charge in [-0.15, -0.1) is 0 Å². The van der Waals surface area contributed by atoms with E-state index in [0.717, 1.165) is 18.7 Å². The van der Waals surface area contributed by atoms with E-state index in [1.54, 1.807) is 12.1 Å². The van der Waals surface area contributed by atoms with Crippen LogP contribution < -0.4 is 0 Å². The van der Waals surface area contributed by atoms with Gasteiger partial charge in [0.15, 0.2) is 0 Å². The summed E-state index contributed by atoms with van der Waals surface area (Å²) >= 11 is 5.99. The molecule has 3 heteroatoms. The molecule has 1 fully saturated rings. The van der Waals surface area contributed by atoms with E-state index < -0.39 is 0 Å². The molecule has 1 aliphatic heterocycles. The van der Waals surface area contributed by atoms with Crippen LogP contribution in [-0.4, -0.2) is 23.1 Å². The van der Waals surface area contributed by atoms with Crippen molar-refractivity contribution in [2.45, 2.75) is 33.2 Å². The Hall–Kier alpha value is -0.730. The van der Waals surface area contributed by atoms with Gasteiger partial charge in [-0.3, -0.25) is 4.90 Å². The average molecular weight is 254 g/mol. The summed E-state index contributed by atoms with van der Waals surface area (Å²) < 4.78 is 0. The van der Waals surface area contributed by atoms with Gasteiger partial charge < -0.3 is 5.11 Å². The summed E-state index contributed by atoms with van der Waals surface area (Å²) in [5, 5.41) is 10.6. The molecule has 1 aromatic carbocycles. The number of benzene rings is 1. The highest BCUT2D eigenvalue weighted by Gasteiger charge is 2.32. The number of nitrogens with zero attached hydrogens (tertiary/aromatic N) is 1. The molecule has 0 saturated carbocycles. The lowest BCUT2D eigenvalue weighted by Crippen LogP contribution is -2.26. The number of rotatable bonds is 2. The molecule has 0 radical (unpaired) electrons. The maximum Gasteiger partial charge on any atom is 0.120 e. The lowest BCUT2D eigenvalue weighted by molar-refractivity contribution is 0.229. The first-order valence-corrected chi connectivity index (χ1v) is 6.49. The molecular formula is C14H20ClNO. The van der Waals surface area contributed by atoms with Crippen LogP contribution in [0.25, 0.3) is 0 Å². The highest BCUT2D eigenvalue weighted by molar-refractivity contribution is 6.30. The number of hydrogen-bond acceptors (Lipinski definition) is 2. The first-order valence-electron chi connectivity index (χ1n) is 6.11. The Morgan fingerprint density at radius 3 is 2.71 bits per heavy atom. The van der Waals surface area contributed by atoms with Crippen molar-refractivity contribution in [3.05, 3.63) is 28.8 Å². The number of aromatic hydroxyl groups is 1. The lowest BCUT2D eigenvalue weighted by Gasteiger charge is -2.27. The van der Waals surface area contributed by atoms with Gasteiger partial charge in [0.1, 0.15) is 5.75 Å². The van der Waals surface area contributed by atoms with Crippen molar-refractivity contribution in [2.24, 2.45) is 5.41 Å². The molecule has 0 bridgehead atoms. The Kier molecular flexibility index (Phi) is 3.37. The molecule has 2 nitrogen and oxygen atoms in total. The molecule has 0 aliphatic carbocycles. The van der Waals surface area contributed by atoms with Gasteiger partial charge in [0.05, 0.1) is 0 Å². The van der Waals surface area contributed by atoms with Gasteiger partial charge in [-0.05, 0) is 43.5 Å². The number of phenolic OH excluding ortho intramolecular Hbond substituents is 1. The minimum absolute atomic E-state index is 0.218. The van der Waals surface area contributed by atoms with E-state index in [0.29, 0.717) is 16.2 Å². The van der Waals surface area contributed by atoms with Gasteiger partial charge in [0.2, 0.25) is 0 Å². The molecule has 0 amide bonds. The quantitative estimate of drug-likeness (QED) is 0.866. The molecule has 1 unspecified atom stereocenters. The Bertz CT molecular complexity index is 417. The highest BCUT2D eigenvalue weighted by Crippen LogP contribution is 2.37. The van der Waals surface area contributed by atoms with Crippen LogP contribution in [-0.2, 0) is 0 Å². The molecule has 2 rings (SSSR count). The van der Waals surface area contributed by atoms with Crippen molar-refractivity contribution in [1.29, 1.82) is 0 Å². The minimum atomic E-state index is 0.218. The van der Waals surface area contributed by atoms with Crippen LogP contribution in [0, 0.1) is 5.41 Å². The number of phenols is 1. The lowest BCUT2D eigenvalue weighted by atomic mass is 9.93. The summed E-state index contributed by atoms with van der Waals surface area (Å²) in [4.78, 5) is 2.41. The summed E-state index contributed by atoms with van der Waals surface area (Å²) in [6.45, 7) is 8.86. The van der Waals surface area contributed by atoms with E-state index in [1.807, 2.05) is 6.07 Å². The van der Waals surface area contributed by atoms with E-state index in [1.165, 1.54) is 6.42 Å². The average Bonchev–Trinajstić information content (AvgIpc) is 2.61. The van der Waals surface area contributed by atoms with Gasteiger partial charge in [-0.25, -0.2) is 0 Å². The maximum absolute atomic E-state index is 9.91. The van der Waals surface area contributed by atoms with Crippen LogP contribution in [0.2, 0.25) is 5.02 Å². The van der Waals surface area contributed by atoms with Gasteiger partial charge in [0.25, 0.3) is 0 Å². The predicted molar refractivity (Wildman–Crippen MR) is 71.5 cm³/mol. The molecule has 0 aromatic heterocycles. The van der Waals surface area contributed by atoms with Gasteiger partial charge in [0, 0.05) is 23.2 Å².